The molecule has 1 rings (SSSR count). The van der Waals surface area contributed by atoms with E-state index in [1.807, 2.05) is 6.92 Å². The standard InChI is InChI=1S/C14H26N2O5/c1-10(11-4-5-11)16(6-7-21-3)13(19)15-9-14(2,20)8-12(17)18/h10-11,20H,4-9H2,1-3H3,(H,15,19)(H,17,18). The van der Waals surface area contributed by atoms with Gasteiger partial charge in [0, 0.05) is 26.2 Å². The Bertz CT molecular complexity index is 368. The second kappa shape index (κ2) is 7.61. The van der Waals surface area contributed by atoms with E-state index in [1.165, 1.54) is 6.92 Å². The third kappa shape index (κ3) is 6.31. The van der Waals surface area contributed by atoms with E-state index in [4.69, 9.17) is 9.84 Å². The minimum atomic E-state index is -1.46. The van der Waals surface area contributed by atoms with Gasteiger partial charge < -0.3 is 25.2 Å². The summed E-state index contributed by atoms with van der Waals surface area (Å²) in [5, 5.41) is 21.2. The van der Waals surface area contributed by atoms with Gasteiger partial charge in [0.15, 0.2) is 0 Å². The minimum absolute atomic E-state index is 0.0982. The molecule has 122 valence electrons. The first-order valence-corrected chi connectivity index (χ1v) is 7.24. The highest BCUT2D eigenvalue weighted by Crippen LogP contribution is 2.35. The molecule has 1 saturated carbocycles. The van der Waals surface area contributed by atoms with Crippen molar-refractivity contribution in [2.75, 3.05) is 26.8 Å². The van der Waals surface area contributed by atoms with Gasteiger partial charge >= 0.3 is 12.0 Å². The molecule has 0 aromatic carbocycles. The summed E-state index contributed by atoms with van der Waals surface area (Å²) >= 11 is 0. The van der Waals surface area contributed by atoms with Gasteiger partial charge in [0.1, 0.15) is 0 Å². The van der Waals surface area contributed by atoms with Crippen LogP contribution in [0.25, 0.3) is 0 Å². The topological polar surface area (TPSA) is 99.1 Å². The molecule has 0 aromatic rings. The molecule has 0 spiro atoms. The number of hydrogen-bond acceptors (Lipinski definition) is 4. The summed E-state index contributed by atoms with van der Waals surface area (Å²) in [6.45, 7) is 4.21. The van der Waals surface area contributed by atoms with E-state index in [0.29, 0.717) is 19.1 Å². The summed E-state index contributed by atoms with van der Waals surface area (Å²) in [6.07, 6.45) is 1.83. The number of aliphatic carboxylic acids is 1. The van der Waals surface area contributed by atoms with Gasteiger partial charge in [-0.1, -0.05) is 0 Å². The molecular weight excluding hydrogens is 276 g/mol. The summed E-state index contributed by atoms with van der Waals surface area (Å²) in [5.74, 6) is -0.580. The van der Waals surface area contributed by atoms with E-state index in [2.05, 4.69) is 5.32 Å². The molecule has 0 saturated heterocycles. The van der Waals surface area contributed by atoms with Crippen molar-refractivity contribution < 1.29 is 24.5 Å². The van der Waals surface area contributed by atoms with Crippen LogP contribution in [-0.4, -0.2) is 65.6 Å². The highest BCUT2D eigenvalue weighted by Gasteiger charge is 2.34. The predicted molar refractivity (Wildman–Crippen MR) is 77.0 cm³/mol. The van der Waals surface area contributed by atoms with Gasteiger partial charge in [0.2, 0.25) is 0 Å². The lowest BCUT2D eigenvalue weighted by Crippen LogP contribution is -2.51. The number of nitrogens with one attached hydrogen (secondary N) is 1. The quantitative estimate of drug-likeness (QED) is 0.581. The Morgan fingerprint density at radius 1 is 1.48 bits per heavy atom. The summed E-state index contributed by atoms with van der Waals surface area (Å²) in [5.41, 5.74) is -1.46. The van der Waals surface area contributed by atoms with E-state index in [0.717, 1.165) is 12.8 Å². The Balaban J connectivity index is 2.53. The lowest BCUT2D eigenvalue weighted by Gasteiger charge is -2.31. The Labute approximate surface area is 125 Å². The molecule has 0 bridgehead atoms. The molecule has 0 aromatic heterocycles. The lowest BCUT2D eigenvalue weighted by molar-refractivity contribution is -0.141. The van der Waals surface area contributed by atoms with E-state index in [1.54, 1.807) is 12.0 Å². The van der Waals surface area contributed by atoms with Crippen LogP contribution in [0.4, 0.5) is 4.79 Å². The number of aliphatic hydroxyl groups is 1. The molecule has 0 heterocycles. The number of carboxylic acids is 1. The number of methoxy groups -OCH3 is 1. The van der Waals surface area contributed by atoms with Gasteiger partial charge in [-0.3, -0.25) is 4.79 Å². The Hall–Kier alpha value is -1.34. The van der Waals surface area contributed by atoms with Gasteiger partial charge in [0.25, 0.3) is 0 Å². The summed E-state index contributed by atoms with van der Waals surface area (Å²) in [7, 11) is 1.58. The highest BCUT2D eigenvalue weighted by atomic mass is 16.5. The average molecular weight is 302 g/mol. The molecule has 0 radical (unpaired) electrons. The van der Waals surface area contributed by atoms with E-state index < -0.39 is 18.0 Å². The number of carbonyl (C=O) groups is 2. The smallest absolute Gasteiger partial charge is 0.317 e. The fourth-order valence-corrected chi connectivity index (χ4v) is 2.27. The second-order valence-electron chi connectivity index (χ2n) is 5.99. The lowest BCUT2D eigenvalue weighted by atomic mass is 10.0. The van der Waals surface area contributed by atoms with E-state index in [-0.39, 0.29) is 18.6 Å². The zero-order valence-corrected chi connectivity index (χ0v) is 13.0. The van der Waals surface area contributed by atoms with Crippen molar-refractivity contribution in [1.82, 2.24) is 10.2 Å². The van der Waals surface area contributed by atoms with Crippen LogP contribution in [0.15, 0.2) is 0 Å². The largest absolute Gasteiger partial charge is 0.481 e. The fourth-order valence-electron chi connectivity index (χ4n) is 2.27. The van der Waals surface area contributed by atoms with Crippen molar-refractivity contribution in [2.24, 2.45) is 5.92 Å². The maximum atomic E-state index is 12.3. The maximum absolute atomic E-state index is 12.3. The monoisotopic (exact) mass is 302 g/mol. The van der Waals surface area contributed by atoms with Crippen molar-refractivity contribution in [2.45, 2.75) is 44.8 Å². The van der Waals surface area contributed by atoms with Crippen LogP contribution in [0.2, 0.25) is 0 Å². The molecule has 21 heavy (non-hydrogen) atoms. The number of carboxylic acid groups (broad SMARTS) is 1. The number of rotatable bonds is 9. The average Bonchev–Trinajstić information content (AvgIpc) is 3.19. The van der Waals surface area contributed by atoms with Gasteiger partial charge in [-0.25, -0.2) is 4.79 Å². The Kier molecular flexibility index (Phi) is 6.42. The van der Waals surface area contributed by atoms with E-state index >= 15 is 0 Å². The number of carbonyl (C=O) groups excluding carboxylic acids is 1. The van der Waals surface area contributed by atoms with Crippen LogP contribution >= 0.6 is 0 Å². The third-order valence-corrected chi connectivity index (χ3v) is 3.75. The van der Waals surface area contributed by atoms with Crippen molar-refractivity contribution in [3.63, 3.8) is 0 Å². The van der Waals surface area contributed by atoms with Crippen molar-refractivity contribution >= 4 is 12.0 Å². The number of urea groups is 1. The molecule has 1 aliphatic rings. The zero-order valence-electron chi connectivity index (χ0n) is 13.0. The van der Waals surface area contributed by atoms with Crippen LogP contribution in [0.1, 0.15) is 33.1 Å². The Morgan fingerprint density at radius 2 is 2.10 bits per heavy atom. The Morgan fingerprint density at radius 3 is 2.57 bits per heavy atom. The molecule has 7 heteroatoms. The van der Waals surface area contributed by atoms with Crippen molar-refractivity contribution in [3.8, 4) is 0 Å². The van der Waals surface area contributed by atoms with Crippen LogP contribution < -0.4 is 5.32 Å². The number of ether oxygens (including phenoxy) is 1. The van der Waals surface area contributed by atoms with Gasteiger partial charge in [-0.2, -0.15) is 0 Å². The van der Waals surface area contributed by atoms with Gasteiger partial charge in [-0.05, 0) is 32.6 Å². The van der Waals surface area contributed by atoms with Crippen molar-refractivity contribution in [1.29, 1.82) is 0 Å². The molecule has 1 aliphatic carbocycles. The van der Waals surface area contributed by atoms with Crippen LogP contribution in [0, 0.1) is 5.92 Å². The summed E-state index contributed by atoms with van der Waals surface area (Å²) in [6, 6.07) is -0.179. The van der Waals surface area contributed by atoms with Crippen molar-refractivity contribution in [3.05, 3.63) is 0 Å². The number of hydrogen-bond donors (Lipinski definition) is 3. The molecular formula is C14H26N2O5. The number of nitrogens with zero attached hydrogens (tertiary/aromatic N) is 1. The first-order valence-electron chi connectivity index (χ1n) is 7.24. The SMILES string of the molecule is COCCN(C(=O)NCC(C)(O)CC(=O)O)C(C)C1CC1. The first-order chi connectivity index (χ1) is 9.76. The first kappa shape index (κ1) is 17.7. The minimum Gasteiger partial charge on any atom is -0.481 e. The summed E-state index contributed by atoms with van der Waals surface area (Å²) in [4.78, 5) is 24.6. The van der Waals surface area contributed by atoms with Gasteiger partial charge in [-0.15, -0.1) is 0 Å². The molecule has 1 fully saturated rings. The zero-order chi connectivity index (χ0) is 16.0. The fraction of sp³-hybridized carbons (Fsp3) is 0.857. The predicted octanol–water partition coefficient (Wildman–Crippen LogP) is 0.669. The van der Waals surface area contributed by atoms with Gasteiger partial charge in [0.05, 0.1) is 18.6 Å². The molecule has 0 aliphatic heterocycles. The summed E-state index contributed by atoms with van der Waals surface area (Å²) < 4.78 is 5.02. The van der Waals surface area contributed by atoms with Crippen LogP contribution in [0.3, 0.4) is 0 Å². The third-order valence-electron chi connectivity index (χ3n) is 3.75. The molecule has 2 unspecified atom stereocenters. The molecule has 7 nitrogen and oxygen atoms in total. The highest BCUT2D eigenvalue weighted by molar-refractivity contribution is 5.75. The second-order valence-corrected chi connectivity index (χ2v) is 5.99. The van der Waals surface area contributed by atoms with Crippen LogP contribution in [0.5, 0.6) is 0 Å². The van der Waals surface area contributed by atoms with E-state index in [9.17, 15) is 14.7 Å². The maximum Gasteiger partial charge on any atom is 0.317 e. The molecule has 3 N–H and O–H groups in total. The van der Waals surface area contributed by atoms with Crippen LogP contribution in [-0.2, 0) is 9.53 Å². The molecule has 2 amide bonds. The normalized spacial score (nSPS) is 18.7. The number of amides is 2. The molecule has 2 atom stereocenters.